The second-order valence-corrected chi connectivity index (χ2v) is 10.7. The van der Waals surface area contributed by atoms with Gasteiger partial charge in [-0.25, -0.2) is 0 Å². The summed E-state index contributed by atoms with van der Waals surface area (Å²) in [5, 5.41) is 0. The summed E-state index contributed by atoms with van der Waals surface area (Å²) in [6.07, 6.45) is 13.7. The second kappa shape index (κ2) is 14.2. The molecule has 5 heteroatoms. The van der Waals surface area contributed by atoms with Crippen molar-refractivity contribution in [3.05, 3.63) is 0 Å². The van der Waals surface area contributed by atoms with Gasteiger partial charge in [0.1, 0.15) is 0 Å². The molecule has 0 saturated carbocycles. The van der Waals surface area contributed by atoms with E-state index in [4.69, 9.17) is 13.3 Å². The molecule has 0 unspecified atom stereocenters. The molecule has 0 heterocycles. The fourth-order valence-corrected chi connectivity index (χ4v) is 4.95. The number of unbranched alkanes of at least 4 members (excludes halogenated alkanes) is 8. The van der Waals surface area contributed by atoms with Crippen LogP contribution in [0.3, 0.4) is 0 Å². The third-order valence-corrected chi connectivity index (χ3v) is 7.88. The third-order valence-electron chi connectivity index (χ3n) is 5.05. The Morgan fingerprint density at radius 1 is 0.625 bits per heavy atom. The van der Waals surface area contributed by atoms with Crippen LogP contribution in [0.1, 0.15) is 71.1 Å². The molecule has 24 heavy (non-hydrogen) atoms. The lowest BCUT2D eigenvalue weighted by Crippen LogP contribution is -2.45. The van der Waals surface area contributed by atoms with Gasteiger partial charge in [0.15, 0.2) is 0 Å². The van der Waals surface area contributed by atoms with Crippen LogP contribution in [0.4, 0.5) is 0 Å². The molecule has 0 atom stereocenters. The van der Waals surface area contributed by atoms with Crippen LogP contribution in [0, 0.1) is 0 Å². The van der Waals surface area contributed by atoms with E-state index in [1.54, 1.807) is 21.3 Å². The predicted octanol–water partition coefficient (Wildman–Crippen LogP) is 4.86. The van der Waals surface area contributed by atoms with Gasteiger partial charge in [0, 0.05) is 33.8 Å². The lowest BCUT2D eigenvalue weighted by atomic mass is 10.1. The fraction of sp³-hybridized carbons (Fsp3) is 1.00. The number of nitrogens with zero attached hydrogens (tertiary/aromatic N) is 1. The van der Waals surface area contributed by atoms with Crippen LogP contribution in [0.5, 0.6) is 0 Å². The molecular weight excluding hydrogens is 318 g/mol. The molecule has 0 radical (unpaired) electrons. The number of quaternary nitrogens is 1. The Labute approximate surface area is 152 Å². The highest BCUT2D eigenvalue weighted by molar-refractivity contribution is 6.60. The van der Waals surface area contributed by atoms with Crippen LogP contribution in [-0.4, -0.2) is 61.8 Å². The largest absolute Gasteiger partial charge is 0.500 e. The molecule has 0 saturated heterocycles. The summed E-state index contributed by atoms with van der Waals surface area (Å²) >= 11 is 0. The summed E-state index contributed by atoms with van der Waals surface area (Å²) < 4.78 is 17.6. The maximum Gasteiger partial charge on any atom is 0.500 e. The average Bonchev–Trinajstić information content (AvgIpc) is 2.57. The molecule has 0 rings (SSSR count). The topological polar surface area (TPSA) is 27.7 Å². The van der Waals surface area contributed by atoms with Gasteiger partial charge in [0.25, 0.3) is 0 Å². The van der Waals surface area contributed by atoms with Crippen molar-refractivity contribution in [3.63, 3.8) is 0 Å². The zero-order valence-corrected chi connectivity index (χ0v) is 18.4. The Kier molecular flexibility index (Phi) is 14.3. The lowest BCUT2D eigenvalue weighted by molar-refractivity contribution is -0.890. The minimum absolute atomic E-state index is 0.899. The van der Waals surface area contributed by atoms with Gasteiger partial charge in [-0.05, 0) is 12.8 Å². The summed E-state index contributed by atoms with van der Waals surface area (Å²) in [6.45, 7) is 4.70. The molecule has 0 aliphatic heterocycles. The van der Waals surface area contributed by atoms with Crippen molar-refractivity contribution < 1.29 is 17.8 Å². The van der Waals surface area contributed by atoms with E-state index in [0.29, 0.717) is 0 Å². The first-order chi connectivity index (χ1) is 11.4. The van der Waals surface area contributed by atoms with Crippen molar-refractivity contribution in [2.45, 2.75) is 77.2 Å². The first-order valence-electron chi connectivity index (χ1n) is 9.92. The molecule has 4 nitrogen and oxygen atoms in total. The molecule has 0 amide bonds. The van der Waals surface area contributed by atoms with E-state index in [0.717, 1.165) is 23.5 Å². The van der Waals surface area contributed by atoms with Crippen molar-refractivity contribution in [1.29, 1.82) is 0 Å². The van der Waals surface area contributed by atoms with Crippen molar-refractivity contribution in [3.8, 4) is 0 Å². The van der Waals surface area contributed by atoms with E-state index in [2.05, 4.69) is 21.0 Å². The molecule has 0 aromatic carbocycles. The van der Waals surface area contributed by atoms with Crippen molar-refractivity contribution in [2.75, 3.05) is 48.5 Å². The predicted molar refractivity (Wildman–Crippen MR) is 105 cm³/mol. The zero-order chi connectivity index (χ0) is 18.3. The van der Waals surface area contributed by atoms with Crippen LogP contribution in [0.15, 0.2) is 0 Å². The number of rotatable bonds is 17. The molecule has 0 aliphatic rings. The maximum absolute atomic E-state index is 5.50. The lowest BCUT2D eigenvalue weighted by Gasteiger charge is -2.31. The van der Waals surface area contributed by atoms with E-state index in [1.807, 2.05) is 0 Å². The Bertz CT molecular complexity index is 276. The monoisotopic (exact) mass is 362 g/mol. The summed E-state index contributed by atoms with van der Waals surface area (Å²) in [6, 6.07) is 0.899. The van der Waals surface area contributed by atoms with Gasteiger partial charge in [-0.15, -0.1) is 0 Å². The third kappa shape index (κ3) is 11.6. The molecular formula is C19H44NO3Si+. The molecule has 0 aromatic rings. The van der Waals surface area contributed by atoms with Crippen LogP contribution in [0.2, 0.25) is 6.04 Å². The van der Waals surface area contributed by atoms with E-state index in [9.17, 15) is 0 Å². The van der Waals surface area contributed by atoms with E-state index in [-0.39, 0.29) is 0 Å². The minimum atomic E-state index is -2.39. The molecule has 0 bridgehead atoms. The standard InChI is InChI=1S/C19H44NO3Si/c1-7-8-9-10-11-12-13-14-15-17-20(2,3)18-16-19-24(21-4,22-5)23-6/h7-19H2,1-6H3/q+1. The Morgan fingerprint density at radius 2 is 1.04 bits per heavy atom. The Hall–Kier alpha value is 0.0569. The molecule has 0 aromatic heterocycles. The van der Waals surface area contributed by atoms with Crippen molar-refractivity contribution >= 4 is 8.80 Å². The zero-order valence-electron chi connectivity index (χ0n) is 17.4. The quantitative estimate of drug-likeness (QED) is 0.210. The first kappa shape index (κ1) is 24.1. The highest BCUT2D eigenvalue weighted by Gasteiger charge is 2.37. The van der Waals surface area contributed by atoms with Gasteiger partial charge in [-0.1, -0.05) is 51.9 Å². The average molecular weight is 363 g/mol. The Morgan fingerprint density at radius 3 is 1.50 bits per heavy atom. The van der Waals surface area contributed by atoms with Crippen LogP contribution >= 0.6 is 0 Å². The Balaban J connectivity index is 3.71. The molecule has 146 valence electrons. The highest BCUT2D eigenvalue weighted by Crippen LogP contribution is 2.17. The van der Waals surface area contributed by atoms with E-state index in [1.165, 1.54) is 64.3 Å². The fourth-order valence-electron chi connectivity index (χ4n) is 3.24. The maximum atomic E-state index is 5.50. The normalized spacial score (nSPS) is 12.8. The van der Waals surface area contributed by atoms with Gasteiger partial charge in [-0.2, -0.15) is 0 Å². The van der Waals surface area contributed by atoms with Gasteiger partial charge in [0.2, 0.25) is 0 Å². The van der Waals surface area contributed by atoms with Crippen LogP contribution in [0.25, 0.3) is 0 Å². The van der Waals surface area contributed by atoms with E-state index < -0.39 is 8.80 Å². The SMILES string of the molecule is CCCCCCCCCCC[N+](C)(C)CCC[Si](OC)(OC)OC. The van der Waals surface area contributed by atoms with Crippen LogP contribution in [-0.2, 0) is 13.3 Å². The minimum Gasteiger partial charge on any atom is -0.377 e. The highest BCUT2D eigenvalue weighted by atomic mass is 28.4. The van der Waals surface area contributed by atoms with Gasteiger partial charge >= 0.3 is 8.80 Å². The van der Waals surface area contributed by atoms with Crippen LogP contribution < -0.4 is 0 Å². The molecule has 0 spiro atoms. The first-order valence-corrected chi connectivity index (χ1v) is 11.9. The number of hydrogen-bond acceptors (Lipinski definition) is 3. The number of hydrogen-bond donors (Lipinski definition) is 0. The molecule has 0 aliphatic carbocycles. The molecule has 0 fully saturated rings. The van der Waals surface area contributed by atoms with Gasteiger partial charge in [-0.3, -0.25) is 0 Å². The van der Waals surface area contributed by atoms with Gasteiger partial charge < -0.3 is 17.8 Å². The second-order valence-electron chi connectivity index (χ2n) is 7.61. The van der Waals surface area contributed by atoms with Crippen molar-refractivity contribution in [2.24, 2.45) is 0 Å². The summed E-state index contributed by atoms with van der Waals surface area (Å²) in [5.41, 5.74) is 0. The van der Waals surface area contributed by atoms with E-state index >= 15 is 0 Å². The summed E-state index contributed by atoms with van der Waals surface area (Å²) in [5.74, 6) is 0. The molecule has 0 N–H and O–H groups in total. The summed E-state index contributed by atoms with van der Waals surface area (Å²) in [7, 11) is 7.37. The van der Waals surface area contributed by atoms with Gasteiger partial charge in [0.05, 0.1) is 27.2 Å². The smallest absolute Gasteiger partial charge is 0.377 e. The summed E-state index contributed by atoms with van der Waals surface area (Å²) in [4.78, 5) is 0. The van der Waals surface area contributed by atoms with Crippen molar-refractivity contribution in [1.82, 2.24) is 0 Å².